The number of nitro benzene ring substituents is 1. The van der Waals surface area contributed by atoms with E-state index in [0.29, 0.717) is 31.4 Å². The first-order chi connectivity index (χ1) is 11.1. The van der Waals surface area contributed by atoms with E-state index >= 15 is 0 Å². The number of methoxy groups -OCH3 is 1. The van der Waals surface area contributed by atoms with Gasteiger partial charge in [0.2, 0.25) is 0 Å². The normalized spacial score (nSPS) is 15.5. The SMILES string of the molecule is CCOCC1CCN(C(=O)c2cc([N+](=O)[O-])ccc2OC)CC1. The number of benzene rings is 1. The van der Waals surface area contributed by atoms with Crippen molar-refractivity contribution in [3.05, 3.63) is 33.9 Å². The number of carbonyl (C=O) groups excluding carboxylic acids is 1. The quantitative estimate of drug-likeness (QED) is 0.593. The Kier molecular flexibility index (Phi) is 5.92. The zero-order valence-corrected chi connectivity index (χ0v) is 13.5. The Hall–Kier alpha value is -2.15. The molecule has 0 saturated carbocycles. The van der Waals surface area contributed by atoms with Crippen molar-refractivity contribution in [1.29, 1.82) is 0 Å². The van der Waals surface area contributed by atoms with Gasteiger partial charge >= 0.3 is 0 Å². The minimum atomic E-state index is -0.509. The van der Waals surface area contributed by atoms with Crippen LogP contribution in [0.2, 0.25) is 0 Å². The molecule has 1 aliphatic rings. The predicted octanol–water partition coefficient (Wildman–Crippen LogP) is 2.49. The molecule has 1 aromatic carbocycles. The third kappa shape index (κ3) is 4.19. The summed E-state index contributed by atoms with van der Waals surface area (Å²) in [6.07, 6.45) is 1.76. The molecule has 0 radical (unpaired) electrons. The first kappa shape index (κ1) is 17.2. The average Bonchev–Trinajstić information content (AvgIpc) is 2.59. The van der Waals surface area contributed by atoms with Crippen LogP contribution in [0.15, 0.2) is 18.2 Å². The monoisotopic (exact) mass is 322 g/mol. The molecule has 1 amide bonds. The van der Waals surface area contributed by atoms with Crippen molar-refractivity contribution < 1.29 is 19.2 Å². The Morgan fingerprint density at radius 3 is 2.65 bits per heavy atom. The lowest BCUT2D eigenvalue weighted by Gasteiger charge is -2.32. The van der Waals surface area contributed by atoms with E-state index in [-0.39, 0.29) is 17.2 Å². The summed E-state index contributed by atoms with van der Waals surface area (Å²) in [5.74, 6) is 0.600. The van der Waals surface area contributed by atoms with Crippen LogP contribution in [0.3, 0.4) is 0 Å². The Labute approximate surface area is 135 Å². The van der Waals surface area contributed by atoms with E-state index in [0.717, 1.165) is 19.4 Å². The molecule has 1 aliphatic heterocycles. The number of carbonyl (C=O) groups is 1. The van der Waals surface area contributed by atoms with Gasteiger partial charge in [-0.3, -0.25) is 14.9 Å². The van der Waals surface area contributed by atoms with Gasteiger partial charge in [0.15, 0.2) is 0 Å². The summed E-state index contributed by atoms with van der Waals surface area (Å²) in [5.41, 5.74) is 0.130. The van der Waals surface area contributed by atoms with Crippen molar-refractivity contribution in [2.45, 2.75) is 19.8 Å². The molecular weight excluding hydrogens is 300 g/mol. The highest BCUT2D eigenvalue weighted by Gasteiger charge is 2.26. The number of likely N-dealkylation sites (tertiary alicyclic amines) is 1. The largest absolute Gasteiger partial charge is 0.496 e. The highest BCUT2D eigenvalue weighted by Crippen LogP contribution is 2.27. The minimum Gasteiger partial charge on any atom is -0.496 e. The molecule has 126 valence electrons. The highest BCUT2D eigenvalue weighted by molar-refractivity contribution is 5.97. The van der Waals surface area contributed by atoms with Gasteiger partial charge in [0.05, 0.1) is 17.6 Å². The number of hydrogen-bond acceptors (Lipinski definition) is 5. The molecule has 0 aromatic heterocycles. The first-order valence-electron chi connectivity index (χ1n) is 7.76. The van der Waals surface area contributed by atoms with E-state index in [1.54, 1.807) is 4.90 Å². The molecule has 0 N–H and O–H groups in total. The van der Waals surface area contributed by atoms with Gasteiger partial charge in [-0.2, -0.15) is 0 Å². The summed E-state index contributed by atoms with van der Waals surface area (Å²) < 4.78 is 10.6. The van der Waals surface area contributed by atoms with E-state index < -0.39 is 4.92 Å². The number of piperidine rings is 1. The maximum absolute atomic E-state index is 12.7. The highest BCUT2D eigenvalue weighted by atomic mass is 16.6. The van der Waals surface area contributed by atoms with Gasteiger partial charge in [-0.1, -0.05) is 0 Å². The standard InChI is InChI=1S/C16H22N2O5/c1-3-23-11-12-6-8-17(9-7-12)16(19)14-10-13(18(20)21)4-5-15(14)22-2/h4-5,10,12H,3,6-9,11H2,1-2H3. The molecule has 1 aromatic rings. The van der Waals surface area contributed by atoms with Crippen LogP contribution in [-0.4, -0.2) is 49.1 Å². The number of hydrogen-bond donors (Lipinski definition) is 0. The van der Waals surface area contributed by atoms with Crippen molar-refractivity contribution in [3.63, 3.8) is 0 Å². The fourth-order valence-electron chi connectivity index (χ4n) is 2.73. The third-order valence-electron chi connectivity index (χ3n) is 4.08. The zero-order chi connectivity index (χ0) is 16.8. The van der Waals surface area contributed by atoms with Crippen molar-refractivity contribution in [3.8, 4) is 5.75 Å². The third-order valence-corrected chi connectivity index (χ3v) is 4.08. The van der Waals surface area contributed by atoms with Crippen molar-refractivity contribution in [2.24, 2.45) is 5.92 Å². The first-order valence-corrected chi connectivity index (χ1v) is 7.76. The smallest absolute Gasteiger partial charge is 0.270 e. The minimum absolute atomic E-state index is 0.111. The second kappa shape index (κ2) is 7.92. The molecular formula is C16H22N2O5. The van der Waals surface area contributed by atoms with Crippen molar-refractivity contribution in [2.75, 3.05) is 33.4 Å². The molecule has 1 saturated heterocycles. The van der Waals surface area contributed by atoms with Crippen LogP contribution in [0.5, 0.6) is 5.75 Å². The van der Waals surface area contributed by atoms with Crippen LogP contribution in [0, 0.1) is 16.0 Å². The molecule has 23 heavy (non-hydrogen) atoms. The lowest BCUT2D eigenvalue weighted by atomic mass is 9.97. The van der Waals surface area contributed by atoms with Gasteiger partial charge in [-0.15, -0.1) is 0 Å². The van der Waals surface area contributed by atoms with Crippen molar-refractivity contribution >= 4 is 11.6 Å². The number of rotatable bonds is 6. The Morgan fingerprint density at radius 1 is 1.39 bits per heavy atom. The summed E-state index contributed by atoms with van der Waals surface area (Å²) in [7, 11) is 1.45. The number of non-ortho nitro benzene ring substituents is 1. The summed E-state index contributed by atoms with van der Waals surface area (Å²) in [4.78, 5) is 24.8. The molecule has 0 bridgehead atoms. The summed E-state index contributed by atoms with van der Waals surface area (Å²) in [5, 5.41) is 10.9. The van der Waals surface area contributed by atoms with Gasteiger partial charge in [0, 0.05) is 38.4 Å². The molecule has 7 heteroatoms. The Bertz CT molecular complexity index is 568. The average molecular weight is 322 g/mol. The van der Waals surface area contributed by atoms with E-state index in [9.17, 15) is 14.9 Å². The molecule has 2 rings (SSSR count). The van der Waals surface area contributed by atoms with Gasteiger partial charge in [-0.25, -0.2) is 0 Å². The van der Waals surface area contributed by atoms with Gasteiger partial charge in [0.1, 0.15) is 5.75 Å². The van der Waals surface area contributed by atoms with Crippen LogP contribution in [0.25, 0.3) is 0 Å². The summed E-state index contributed by atoms with van der Waals surface area (Å²) >= 11 is 0. The molecule has 0 spiro atoms. The van der Waals surface area contributed by atoms with Crippen LogP contribution in [0.1, 0.15) is 30.1 Å². The summed E-state index contributed by atoms with van der Waals surface area (Å²) in [6, 6.07) is 4.09. The Morgan fingerprint density at radius 2 is 2.09 bits per heavy atom. The number of nitrogens with zero attached hydrogens (tertiary/aromatic N) is 2. The molecule has 1 fully saturated rings. The second-order valence-electron chi connectivity index (χ2n) is 5.54. The van der Waals surface area contributed by atoms with Crippen LogP contribution >= 0.6 is 0 Å². The number of ether oxygens (including phenoxy) is 2. The van der Waals surface area contributed by atoms with Gasteiger partial charge < -0.3 is 14.4 Å². The molecule has 0 unspecified atom stereocenters. The topological polar surface area (TPSA) is 81.9 Å². The zero-order valence-electron chi connectivity index (χ0n) is 13.5. The molecule has 0 atom stereocenters. The van der Waals surface area contributed by atoms with Crippen LogP contribution in [-0.2, 0) is 4.74 Å². The van der Waals surface area contributed by atoms with E-state index in [4.69, 9.17) is 9.47 Å². The maximum Gasteiger partial charge on any atom is 0.270 e. The van der Waals surface area contributed by atoms with E-state index in [2.05, 4.69) is 0 Å². The molecule has 0 aliphatic carbocycles. The lowest BCUT2D eigenvalue weighted by Crippen LogP contribution is -2.39. The maximum atomic E-state index is 12.7. The Balaban J connectivity index is 2.08. The van der Waals surface area contributed by atoms with Crippen LogP contribution in [0.4, 0.5) is 5.69 Å². The number of amides is 1. The fraction of sp³-hybridized carbons (Fsp3) is 0.562. The van der Waals surface area contributed by atoms with Gasteiger partial charge in [-0.05, 0) is 31.7 Å². The van der Waals surface area contributed by atoms with Crippen molar-refractivity contribution in [1.82, 2.24) is 4.90 Å². The summed E-state index contributed by atoms with van der Waals surface area (Å²) in [6.45, 7) is 4.64. The van der Waals surface area contributed by atoms with Crippen LogP contribution < -0.4 is 4.74 Å². The van der Waals surface area contributed by atoms with E-state index in [1.165, 1.54) is 25.3 Å². The fourth-order valence-corrected chi connectivity index (χ4v) is 2.73. The molecule has 1 heterocycles. The number of nitro groups is 1. The predicted molar refractivity (Wildman–Crippen MR) is 84.8 cm³/mol. The lowest BCUT2D eigenvalue weighted by molar-refractivity contribution is -0.384. The molecule has 7 nitrogen and oxygen atoms in total. The second-order valence-corrected chi connectivity index (χ2v) is 5.54. The van der Waals surface area contributed by atoms with Gasteiger partial charge in [0.25, 0.3) is 11.6 Å². The van der Waals surface area contributed by atoms with E-state index in [1.807, 2.05) is 6.92 Å².